The van der Waals surface area contributed by atoms with Gasteiger partial charge < -0.3 is 44.8 Å². The van der Waals surface area contributed by atoms with E-state index < -0.39 is 35.4 Å². The van der Waals surface area contributed by atoms with E-state index in [-0.39, 0.29) is 62.2 Å². The van der Waals surface area contributed by atoms with E-state index in [4.69, 9.17) is 29.4 Å². The SMILES string of the molecule is COCCOCCN.COCCOCCNC(=O)[C@H](CC(=O)OC(C)(C)C)CC(=O)[C@H](Cc1ccc(C)cc1)NC(=O)[C@H](CC(C)=O)CC(C)C. The van der Waals surface area contributed by atoms with Gasteiger partial charge in [-0.25, -0.2) is 0 Å². The predicted molar refractivity (Wildman–Crippen MR) is 196 cm³/mol. The average Bonchev–Trinajstić information content (AvgIpc) is 3.03. The number of hydrogen-bond donors (Lipinski definition) is 3. The lowest BCUT2D eigenvalue weighted by atomic mass is 9.89. The van der Waals surface area contributed by atoms with Crippen LogP contribution in [0.4, 0.5) is 0 Å². The molecule has 0 unspecified atom stereocenters. The van der Waals surface area contributed by atoms with E-state index in [2.05, 4.69) is 10.6 Å². The lowest BCUT2D eigenvalue weighted by Crippen LogP contribution is -2.47. The van der Waals surface area contributed by atoms with Crippen LogP contribution >= 0.6 is 0 Å². The van der Waals surface area contributed by atoms with Crippen molar-refractivity contribution in [3.63, 3.8) is 0 Å². The number of carbonyl (C=O) groups excluding carboxylic acids is 5. The molecule has 0 heterocycles. The number of Topliss-reactive ketones (excluding diaryl/α,β-unsaturated/α-hetero) is 2. The van der Waals surface area contributed by atoms with Crippen LogP contribution in [-0.4, -0.2) is 108 Å². The van der Waals surface area contributed by atoms with Gasteiger partial charge >= 0.3 is 5.97 Å². The molecule has 13 nitrogen and oxygen atoms in total. The lowest BCUT2D eigenvalue weighted by molar-refractivity contribution is -0.157. The molecule has 1 aromatic carbocycles. The quantitative estimate of drug-likeness (QED) is 0.0994. The zero-order valence-electron chi connectivity index (χ0n) is 32.5. The summed E-state index contributed by atoms with van der Waals surface area (Å²) in [5.74, 6) is -3.38. The summed E-state index contributed by atoms with van der Waals surface area (Å²) in [6.45, 7) is 16.2. The maximum absolute atomic E-state index is 13.8. The summed E-state index contributed by atoms with van der Waals surface area (Å²) >= 11 is 0. The first-order valence-electron chi connectivity index (χ1n) is 17.7. The summed E-state index contributed by atoms with van der Waals surface area (Å²) in [4.78, 5) is 65.0. The fourth-order valence-electron chi connectivity index (χ4n) is 4.88. The van der Waals surface area contributed by atoms with Crippen molar-refractivity contribution >= 4 is 29.4 Å². The maximum atomic E-state index is 13.8. The van der Waals surface area contributed by atoms with E-state index in [0.29, 0.717) is 46.0 Å². The van der Waals surface area contributed by atoms with E-state index in [0.717, 1.165) is 11.1 Å². The Balaban J connectivity index is 0.00000277. The third kappa shape index (κ3) is 25.4. The second-order valence-corrected chi connectivity index (χ2v) is 13.9. The van der Waals surface area contributed by atoms with Crippen LogP contribution in [0, 0.1) is 24.7 Å². The minimum Gasteiger partial charge on any atom is -0.460 e. The highest BCUT2D eigenvalue weighted by Crippen LogP contribution is 2.20. The van der Waals surface area contributed by atoms with Gasteiger partial charge in [-0.1, -0.05) is 43.7 Å². The van der Waals surface area contributed by atoms with Gasteiger partial charge in [-0.2, -0.15) is 0 Å². The van der Waals surface area contributed by atoms with Gasteiger partial charge in [-0.05, 0) is 58.9 Å². The summed E-state index contributed by atoms with van der Waals surface area (Å²) in [6, 6.07) is 6.66. The number of nitrogens with two attached hydrogens (primary N) is 1. The lowest BCUT2D eigenvalue weighted by Gasteiger charge is -2.25. The minimum atomic E-state index is -1.01. The molecule has 4 N–H and O–H groups in total. The van der Waals surface area contributed by atoms with Crippen molar-refractivity contribution in [2.45, 2.75) is 92.2 Å². The first-order chi connectivity index (χ1) is 24.0. The van der Waals surface area contributed by atoms with Crippen molar-refractivity contribution in [1.82, 2.24) is 10.6 Å². The van der Waals surface area contributed by atoms with Crippen molar-refractivity contribution in [2.75, 3.05) is 67.0 Å². The molecule has 0 saturated carbocycles. The number of ketones is 2. The van der Waals surface area contributed by atoms with E-state index >= 15 is 0 Å². The van der Waals surface area contributed by atoms with Gasteiger partial charge in [0.05, 0.1) is 58.0 Å². The van der Waals surface area contributed by atoms with Crippen LogP contribution in [-0.2, 0) is 54.1 Å². The van der Waals surface area contributed by atoms with Crippen LogP contribution in [0.15, 0.2) is 24.3 Å². The summed E-state index contributed by atoms with van der Waals surface area (Å²) in [7, 11) is 3.21. The Kier molecular flexibility index (Phi) is 25.7. The molecule has 292 valence electrons. The number of esters is 1. The molecule has 0 saturated heterocycles. The largest absolute Gasteiger partial charge is 0.460 e. The smallest absolute Gasteiger partial charge is 0.307 e. The van der Waals surface area contributed by atoms with E-state index in [1.54, 1.807) is 35.0 Å². The number of carbonyl (C=O) groups is 5. The second kappa shape index (κ2) is 27.4. The van der Waals surface area contributed by atoms with Gasteiger partial charge in [0.1, 0.15) is 11.4 Å². The second-order valence-electron chi connectivity index (χ2n) is 13.9. The van der Waals surface area contributed by atoms with E-state index in [9.17, 15) is 24.0 Å². The van der Waals surface area contributed by atoms with Gasteiger partial charge in [0, 0.05) is 46.1 Å². The summed E-state index contributed by atoms with van der Waals surface area (Å²) in [6.07, 6.45) is 0.185. The number of hydrogen-bond acceptors (Lipinski definition) is 11. The van der Waals surface area contributed by atoms with Crippen LogP contribution < -0.4 is 16.4 Å². The third-order valence-corrected chi connectivity index (χ3v) is 7.25. The molecule has 2 amide bonds. The van der Waals surface area contributed by atoms with Gasteiger partial charge in [-0.15, -0.1) is 0 Å². The Morgan fingerprint density at radius 2 is 1.37 bits per heavy atom. The number of aryl methyl sites for hydroxylation is 1. The van der Waals surface area contributed by atoms with Crippen molar-refractivity contribution in [3.8, 4) is 0 Å². The maximum Gasteiger partial charge on any atom is 0.307 e. The van der Waals surface area contributed by atoms with Gasteiger partial charge in [0.2, 0.25) is 11.8 Å². The van der Waals surface area contributed by atoms with Crippen molar-refractivity contribution < 1.29 is 47.7 Å². The Morgan fingerprint density at radius 3 is 1.88 bits per heavy atom. The van der Waals surface area contributed by atoms with Crippen molar-refractivity contribution in [2.24, 2.45) is 23.5 Å². The van der Waals surface area contributed by atoms with Crippen LogP contribution in [0.2, 0.25) is 0 Å². The molecule has 0 aromatic heterocycles. The van der Waals surface area contributed by atoms with Gasteiger partial charge in [0.25, 0.3) is 0 Å². The summed E-state index contributed by atoms with van der Waals surface area (Å²) in [5.41, 5.74) is 6.26. The first kappa shape index (κ1) is 47.8. The molecule has 3 atom stereocenters. The molecule has 1 rings (SSSR count). The molecule has 1 aromatic rings. The highest BCUT2D eigenvalue weighted by Gasteiger charge is 2.32. The Labute approximate surface area is 305 Å². The highest BCUT2D eigenvalue weighted by atomic mass is 16.6. The van der Waals surface area contributed by atoms with Crippen molar-refractivity contribution in [3.05, 3.63) is 35.4 Å². The van der Waals surface area contributed by atoms with E-state index in [1.165, 1.54) is 6.92 Å². The molecule has 0 radical (unpaired) electrons. The average molecular weight is 724 g/mol. The highest BCUT2D eigenvalue weighted by molar-refractivity contribution is 5.95. The fourth-order valence-corrected chi connectivity index (χ4v) is 4.88. The molecule has 0 aliphatic heterocycles. The van der Waals surface area contributed by atoms with Crippen LogP contribution in [0.3, 0.4) is 0 Å². The number of methoxy groups -OCH3 is 2. The third-order valence-electron chi connectivity index (χ3n) is 7.25. The number of benzene rings is 1. The molecule has 0 bridgehead atoms. The van der Waals surface area contributed by atoms with Crippen LogP contribution in [0.5, 0.6) is 0 Å². The van der Waals surface area contributed by atoms with Gasteiger partial charge in [-0.3, -0.25) is 19.2 Å². The zero-order valence-corrected chi connectivity index (χ0v) is 32.5. The van der Waals surface area contributed by atoms with Crippen LogP contribution in [0.25, 0.3) is 0 Å². The Bertz CT molecular complexity index is 1150. The Morgan fingerprint density at radius 1 is 0.784 bits per heavy atom. The number of rotatable bonds is 25. The van der Waals surface area contributed by atoms with Crippen LogP contribution in [0.1, 0.15) is 78.4 Å². The summed E-state index contributed by atoms with van der Waals surface area (Å²) in [5, 5.41) is 5.62. The molecule has 13 heteroatoms. The molecule has 51 heavy (non-hydrogen) atoms. The standard InChI is InChI=1S/C33H52N2O8.C5H13NO2/c1-22(2)17-26(18-24(4)36)32(40)35-28(19-25-11-9-23(3)10-12-25)29(37)20-27(21-30(38)43-33(5,6)7)31(39)34-13-14-42-16-15-41-8;1-7-4-5-8-3-2-6/h9-12,22,26-28H,13-21H2,1-8H3,(H,34,39)(H,35,40);2-6H2,1H3/t26-,27-,28-;/m0./s1. The fraction of sp³-hybridized carbons (Fsp3) is 0.711. The molecule has 0 fully saturated rings. The van der Waals surface area contributed by atoms with E-state index in [1.807, 2.05) is 45.0 Å². The predicted octanol–water partition coefficient (Wildman–Crippen LogP) is 3.36. The summed E-state index contributed by atoms with van der Waals surface area (Å²) < 4.78 is 25.5. The molecular weight excluding hydrogens is 658 g/mol. The first-order valence-corrected chi connectivity index (χ1v) is 17.7. The normalized spacial score (nSPS) is 13.0. The van der Waals surface area contributed by atoms with Gasteiger partial charge in [0.15, 0.2) is 5.78 Å². The molecule has 0 aliphatic carbocycles. The number of amides is 2. The monoisotopic (exact) mass is 723 g/mol. The minimum absolute atomic E-state index is 0.0750. The molecular formula is C38H65N3O10. The van der Waals surface area contributed by atoms with Crippen molar-refractivity contribution in [1.29, 1.82) is 0 Å². The number of nitrogens with one attached hydrogen (secondary N) is 2. The topological polar surface area (TPSA) is 182 Å². The molecule has 0 spiro atoms. The zero-order chi connectivity index (χ0) is 38.8. The molecule has 0 aliphatic rings. The number of ether oxygens (including phenoxy) is 5. The Hall–Kier alpha value is -3.23.